The Balaban J connectivity index is 2.53. The van der Waals surface area contributed by atoms with Crippen molar-refractivity contribution in [3.05, 3.63) is 46.1 Å². The lowest BCUT2D eigenvalue weighted by atomic mass is 10.1. The second-order valence-corrected chi connectivity index (χ2v) is 4.05. The van der Waals surface area contributed by atoms with E-state index in [1.807, 2.05) is 0 Å². The minimum Gasteiger partial charge on any atom is -0.506 e. The fourth-order valence-electron chi connectivity index (χ4n) is 1.80. The zero-order chi connectivity index (χ0) is 14.7. The lowest BCUT2D eigenvalue weighted by molar-refractivity contribution is -0.385. The summed E-state index contributed by atoms with van der Waals surface area (Å²) in [7, 11) is 1.37. The standard InChI is InChI=1S/C13H13N3O4/c1-20-13-3-2-8(5-11(13)16(18)19)10-4-9(6-14)12(17)7-15-10/h2-5,7,17H,6,14H2,1H3. The summed E-state index contributed by atoms with van der Waals surface area (Å²) < 4.78 is 4.94. The van der Waals surface area contributed by atoms with Crippen LogP contribution >= 0.6 is 0 Å². The number of aromatic nitrogens is 1. The van der Waals surface area contributed by atoms with Gasteiger partial charge in [0.15, 0.2) is 5.75 Å². The third-order valence-corrected chi connectivity index (χ3v) is 2.86. The van der Waals surface area contributed by atoms with Gasteiger partial charge >= 0.3 is 5.69 Å². The topological polar surface area (TPSA) is 112 Å². The molecular formula is C13H13N3O4. The van der Waals surface area contributed by atoms with Gasteiger partial charge in [-0.25, -0.2) is 0 Å². The molecule has 0 amide bonds. The molecule has 0 radical (unpaired) electrons. The second kappa shape index (κ2) is 5.54. The maximum absolute atomic E-state index is 11.0. The van der Waals surface area contributed by atoms with E-state index in [-0.39, 0.29) is 23.7 Å². The summed E-state index contributed by atoms with van der Waals surface area (Å²) >= 11 is 0. The molecule has 0 spiro atoms. The first kappa shape index (κ1) is 13.8. The van der Waals surface area contributed by atoms with E-state index in [0.29, 0.717) is 16.8 Å². The summed E-state index contributed by atoms with van der Waals surface area (Å²) in [6.07, 6.45) is 1.27. The SMILES string of the molecule is COc1ccc(-c2cc(CN)c(O)cn2)cc1[N+](=O)[O-]. The maximum Gasteiger partial charge on any atom is 0.311 e. The minimum absolute atomic E-state index is 0.000684. The highest BCUT2D eigenvalue weighted by Crippen LogP contribution is 2.32. The first-order chi connectivity index (χ1) is 9.56. The largest absolute Gasteiger partial charge is 0.506 e. The summed E-state index contributed by atoms with van der Waals surface area (Å²) in [4.78, 5) is 14.5. The van der Waals surface area contributed by atoms with Gasteiger partial charge in [-0.3, -0.25) is 15.1 Å². The van der Waals surface area contributed by atoms with Gasteiger partial charge in [-0.15, -0.1) is 0 Å². The van der Waals surface area contributed by atoms with Gasteiger partial charge in [0.25, 0.3) is 0 Å². The fraction of sp³-hybridized carbons (Fsp3) is 0.154. The molecule has 1 aromatic heterocycles. The molecule has 0 bridgehead atoms. The number of hydrogen-bond donors (Lipinski definition) is 2. The molecular weight excluding hydrogens is 262 g/mol. The average Bonchev–Trinajstić information content (AvgIpc) is 2.47. The van der Waals surface area contributed by atoms with Crippen LogP contribution in [-0.4, -0.2) is 22.1 Å². The summed E-state index contributed by atoms with van der Waals surface area (Å²) in [5.74, 6) is 0.177. The Morgan fingerprint density at radius 3 is 2.80 bits per heavy atom. The molecule has 1 heterocycles. The van der Waals surface area contributed by atoms with Crippen LogP contribution in [0.25, 0.3) is 11.3 Å². The van der Waals surface area contributed by atoms with E-state index in [1.165, 1.54) is 25.4 Å². The van der Waals surface area contributed by atoms with E-state index in [4.69, 9.17) is 10.5 Å². The number of rotatable bonds is 4. The zero-order valence-electron chi connectivity index (χ0n) is 10.7. The highest BCUT2D eigenvalue weighted by Gasteiger charge is 2.16. The van der Waals surface area contributed by atoms with Crippen LogP contribution in [0.3, 0.4) is 0 Å². The number of benzene rings is 1. The van der Waals surface area contributed by atoms with Crippen LogP contribution in [-0.2, 0) is 6.54 Å². The number of pyridine rings is 1. The van der Waals surface area contributed by atoms with Crippen LogP contribution in [0.15, 0.2) is 30.5 Å². The number of nitrogens with two attached hydrogens (primary N) is 1. The summed E-state index contributed by atoms with van der Waals surface area (Å²) in [5, 5.41) is 20.5. The number of nitro groups is 1. The predicted molar refractivity (Wildman–Crippen MR) is 72.4 cm³/mol. The van der Waals surface area contributed by atoms with E-state index in [2.05, 4.69) is 4.98 Å². The first-order valence-corrected chi connectivity index (χ1v) is 5.77. The molecule has 0 saturated carbocycles. The molecule has 0 unspecified atom stereocenters. The Bertz CT molecular complexity index is 658. The molecule has 3 N–H and O–H groups in total. The van der Waals surface area contributed by atoms with Crippen LogP contribution in [0.4, 0.5) is 5.69 Å². The van der Waals surface area contributed by atoms with Gasteiger partial charge in [-0.05, 0) is 18.2 Å². The number of aromatic hydroxyl groups is 1. The van der Waals surface area contributed by atoms with Gasteiger partial charge in [0.2, 0.25) is 0 Å². The van der Waals surface area contributed by atoms with E-state index in [9.17, 15) is 15.2 Å². The number of methoxy groups -OCH3 is 1. The van der Waals surface area contributed by atoms with Crippen molar-refractivity contribution in [1.29, 1.82) is 0 Å². The van der Waals surface area contributed by atoms with Gasteiger partial charge < -0.3 is 15.6 Å². The molecule has 0 aliphatic heterocycles. The third-order valence-electron chi connectivity index (χ3n) is 2.86. The van der Waals surface area contributed by atoms with Crippen molar-refractivity contribution in [2.45, 2.75) is 6.54 Å². The van der Waals surface area contributed by atoms with Crippen LogP contribution < -0.4 is 10.5 Å². The molecule has 0 fully saturated rings. The molecule has 7 heteroatoms. The van der Waals surface area contributed by atoms with E-state index in [0.717, 1.165) is 0 Å². The fourth-order valence-corrected chi connectivity index (χ4v) is 1.80. The lowest BCUT2D eigenvalue weighted by Gasteiger charge is -2.07. The highest BCUT2D eigenvalue weighted by molar-refractivity contribution is 5.67. The molecule has 104 valence electrons. The van der Waals surface area contributed by atoms with Crippen LogP contribution in [0, 0.1) is 10.1 Å². The Morgan fingerprint density at radius 1 is 1.45 bits per heavy atom. The van der Waals surface area contributed by atoms with Crippen molar-refractivity contribution in [3.63, 3.8) is 0 Å². The van der Waals surface area contributed by atoms with Crippen molar-refractivity contribution in [3.8, 4) is 22.8 Å². The van der Waals surface area contributed by atoms with Crippen LogP contribution in [0.5, 0.6) is 11.5 Å². The molecule has 0 atom stereocenters. The molecule has 0 aliphatic carbocycles. The van der Waals surface area contributed by atoms with Crippen molar-refractivity contribution in [2.24, 2.45) is 5.73 Å². The van der Waals surface area contributed by atoms with E-state index < -0.39 is 4.92 Å². The van der Waals surface area contributed by atoms with Gasteiger partial charge in [0, 0.05) is 23.7 Å². The normalized spacial score (nSPS) is 10.3. The molecule has 0 saturated heterocycles. The first-order valence-electron chi connectivity index (χ1n) is 5.77. The van der Waals surface area contributed by atoms with Gasteiger partial charge in [0.1, 0.15) is 5.75 Å². The minimum atomic E-state index is -0.521. The van der Waals surface area contributed by atoms with Gasteiger partial charge in [0.05, 0.1) is 23.9 Å². The lowest BCUT2D eigenvalue weighted by Crippen LogP contribution is -1.99. The zero-order valence-corrected chi connectivity index (χ0v) is 10.7. The van der Waals surface area contributed by atoms with Crippen LogP contribution in [0.2, 0.25) is 0 Å². The quantitative estimate of drug-likeness (QED) is 0.650. The number of nitro benzene ring substituents is 1. The van der Waals surface area contributed by atoms with Gasteiger partial charge in [-0.1, -0.05) is 0 Å². The Morgan fingerprint density at radius 2 is 2.20 bits per heavy atom. The van der Waals surface area contributed by atoms with E-state index in [1.54, 1.807) is 12.1 Å². The second-order valence-electron chi connectivity index (χ2n) is 4.05. The smallest absolute Gasteiger partial charge is 0.311 e. The van der Waals surface area contributed by atoms with Crippen molar-refractivity contribution >= 4 is 5.69 Å². The molecule has 0 aliphatic rings. The number of ether oxygens (including phenoxy) is 1. The Hall–Kier alpha value is -2.67. The number of hydrogen-bond acceptors (Lipinski definition) is 6. The van der Waals surface area contributed by atoms with Gasteiger partial charge in [-0.2, -0.15) is 0 Å². The average molecular weight is 275 g/mol. The van der Waals surface area contributed by atoms with Crippen molar-refractivity contribution < 1.29 is 14.8 Å². The summed E-state index contributed by atoms with van der Waals surface area (Å²) in [6.45, 7) is 0.152. The third kappa shape index (κ3) is 2.52. The summed E-state index contributed by atoms with van der Waals surface area (Å²) in [6, 6.07) is 6.13. The molecule has 20 heavy (non-hydrogen) atoms. The number of nitrogens with zero attached hydrogens (tertiary/aromatic N) is 2. The summed E-state index contributed by atoms with van der Waals surface area (Å²) in [5.41, 5.74) is 6.93. The van der Waals surface area contributed by atoms with Crippen LogP contribution in [0.1, 0.15) is 5.56 Å². The molecule has 2 aromatic rings. The monoisotopic (exact) mass is 275 g/mol. The van der Waals surface area contributed by atoms with Crippen molar-refractivity contribution in [1.82, 2.24) is 4.98 Å². The Kier molecular flexibility index (Phi) is 3.81. The predicted octanol–water partition coefficient (Wildman–Crippen LogP) is 1.83. The Labute approximate surface area is 114 Å². The highest BCUT2D eigenvalue weighted by atomic mass is 16.6. The molecule has 1 aromatic carbocycles. The maximum atomic E-state index is 11.0. The van der Waals surface area contributed by atoms with E-state index >= 15 is 0 Å². The molecule has 2 rings (SSSR count). The van der Waals surface area contributed by atoms with Crippen molar-refractivity contribution in [2.75, 3.05) is 7.11 Å². The molecule has 7 nitrogen and oxygen atoms in total.